The molecule has 0 fully saturated rings. The Morgan fingerprint density at radius 3 is 2.50 bits per heavy atom. The van der Waals surface area contributed by atoms with Gasteiger partial charge in [-0.2, -0.15) is 0 Å². The first-order chi connectivity index (χ1) is 11.5. The number of halogens is 2. The summed E-state index contributed by atoms with van der Waals surface area (Å²) in [7, 11) is 0. The van der Waals surface area contributed by atoms with Gasteiger partial charge in [-0.1, -0.05) is 41.6 Å². The van der Waals surface area contributed by atoms with E-state index in [4.69, 9.17) is 11.6 Å². The van der Waals surface area contributed by atoms with E-state index in [1.165, 1.54) is 29.0 Å². The Labute approximate surface area is 150 Å². The molecule has 122 valence electrons. The third-order valence-electron chi connectivity index (χ3n) is 3.87. The second-order valence-corrected chi connectivity index (χ2v) is 6.95. The Morgan fingerprint density at radius 2 is 1.83 bits per heavy atom. The molecule has 2 nitrogen and oxygen atoms in total. The molecule has 0 aliphatic rings. The van der Waals surface area contributed by atoms with Crippen LogP contribution in [0.1, 0.15) is 16.7 Å². The zero-order valence-corrected chi connectivity index (χ0v) is 15.0. The van der Waals surface area contributed by atoms with E-state index < -0.39 is 0 Å². The third-order valence-corrected chi connectivity index (χ3v) is 5.17. The average Bonchev–Trinajstić information content (AvgIpc) is 2.57. The molecule has 0 saturated heterocycles. The predicted molar refractivity (Wildman–Crippen MR) is 97.9 cm³/mol. The summed E-state index contributed by atoms with van der Waals surface area (Å²) in [5.41, 5.74) is 4.83. The van der Waals surface area contributed by atoms with E-state index in [2.05, 4.69) is 36.2 Å². The first-order valence-electron chi connectivity index (χ1n) is 7.51. The summed E-state index contributed by atoms with van der Waals surface area (Å²) in [5, 5.41) is 9.68. The van der Waals surface area contributed by atoms with Crippen LogP contribution < -0.4 is 0 Å². The molecule has 5 heteroatoms. The molecule has 0 bridgehead atoms. The summed E-state index contributed by atoms with van der Waals surface area (Å²) in [6.45, 7) is 4.16. The average molecular weight is 359 g/mol. The Hall–Kier alpha value is -1.91. The SMILES string of the molecule is Cc1ccc(-c2ccc(SCc3c(F)cccc3Cl)nn2)cc1C. The van der Waals surface area contributed by atoms with Gasteiger partial charge in [-0.25, -0.2) is 4.39 Å². The van der Waals surface area contributed by atoms with Gasteiger partial charge in [-0.15, -0.1) is 10.2 Å². The summed E-state index contributed by atoms with van der Waals surface area (Å²) in [4.78, 5) is 0. The maximum Gasteiger partial charge on any atom is 0.128 e. The number of hydrogen-bond acceptors (Lipinski definition) is 3. The number of hydrogen-bond donors (Lipinski definition) is 0. The zero-order valence-electron chi connectivity index (χ0n) is 13.4. The highest BCUT2D eigenvalue weighted by molar-refractivity contribution is 7.98. The second kappa shape index (κ2) is 7.32. The fourth-order valence-electron chi connectivity index (χ4n) is 2.27. The molecule has 0 aliphatic carbocycles. The van der Waals surface area contributed by atoms with E-state index in [9.17, 15) is 4.39 Å². The van der Waals surface area contributed by atoms with Crippen LogP contribution in [0.15, 0.2) is 53.6 Å². The molecule has 0 aliphatic heterocycles. The van der Waals surface area contributed by atoms with Gasteiger partial charge in [-0.05, 0) is 55.3 Å². The lowest BCUT2D eigenvalue weighted by Gasteiger charge is -2.06. The summed E-state index contributed by atoms with van der Waals surface area (Å²) < 4.78 is 13.8. The van der Waals surface area contributed by atoms with Crippen LogP contribution in [0.25, 0.3) is 11.3 Å². The number of benzene rings is 2. The van der Waals surface area contributed by atoms with Gasteiger partial charge in [-0.3, -0.25) is 0 Å². The number of aromatic nitrogens is 2. The fraction of sp³-hybridized carbons (Fsp3) is 0.158. The summed E-state index contributed by atoms with van der Waals surface area (Å²) in [6, 6.07) is 14.8. The van der Waals surface area contributed by atoms with Crippen LogP contribution in [0.3, 0.4) is 0 Å². The van der Waals surface area contributed by atoms with Crippen molar-refractivity contribution in [3.63, 3.8) is 0 Å². The molecule has 0 atom stereocenters. The van der Waals surface area contributed by atoms with Crippen LogP contribution in [0.4, 0.5) is 4.39 Å². The summed E-state index contributed by atoms with van der Waals surface area (Å²) in [6.07, 6.45) is 0. The Bertz CT molecular complexity index is 845. The highest BCUT2D eigenvalue weighted by atomic mass is 35.5. The molecule has 0 spiro atoms. The van der Waals surface area contributed by atoms with Crippen molar-refractivity contribution in [2.45, 2.75) is 24.6 Å². The first kappa shape index (κ1) is 16.9. The standard InChI is InChI=1S/C19H16ClFN2S/c1-12-6-7-14(10-13(12)2)18-8-9-19(23-22-18)24-11-15-16(20)4-3-5-17(15)21/h3-10H,11H2,1-2H3. The number of rotatable bonds is 4. The van der Waals surface area contributed by atoms with Crippen molar-refractivity contribution in [3.8, 4) is 11.3 Å². The molecule has 3 rings (SSSR count). The molecule has 24 heavy (non-hydrogen) atoms. The van der Waals surface area contributed by atoms with Crippen molar-refractivity contribution >= 4 is 23.4 Å². The second-order valence-electron chi connectivity index (χ2n) is 5.54. The summed E-state index contributed by atoms with van der Waals surface area (Å²) >= 11 is 7.45. The van der Waals surface area contributed by atoms with Crippen molar-refractivity contribution in [2.24, 2.45) is 0 Å². The van der Waals surface area contributed by atoms with Crippen molar-refractivity contribution in [3.05, 3.63) is 76.1 Å². The molecule has 0 amide bonds. The molecule has 0 saturated carbocycles. The Balaban J connectivity index is 1.74. The highest BCUT2D eigenvalue weighted by Gasteiger charge is 2.09. The van der Waals surface area contributed by atoms with Gasteiger partial charge in [0.1, 0.15) is 10.8 Å². The van der Waals surface area contributed by atoms with E-state index in [1.807, 2.05) is 18.2 Å². The first-order valence-corrected chi connectivity index (χ1v) is 8.88. The molecule has 1 aromatic heterocycles. The number of aryl methyl sites for hydroxylation is 2. The monoisotopic (exact) mass is 358 g/mol. The van der Waals surface area contributed by atoms with Crippen molar-refractivity contribution in [2.75, 3.05) is 0 Å². The maximum absolute atomic E-state index is 13.8. The predicted octanol–water partition coefficient (Wildman–Crippen LogP) is 5.85. The van der Waals surface area contributed by atoms with E-state index in [0.29, 0.717) is 16.3 Å². The molecular weight excluding hydrogens is 343 g/mol. The van der Waals surface area contributed by atoms with Gasteiger partial charge in [0.25, 0.3) is 0 Å². The minimum Gasteiger partial charge on any atom is -0.207 e. The third kappa shape index (κ3) is 3.77. The van der Waals surface area contributed by atoms with Gasteiger partial charge < -0.3 is 0 Å². The van der Waals surface area contributed by atoms with E-state index in [0.717, 1.165) is 16.3 Å². The van der Waals surface area contributed by atoms with Crippen LogP contribution in [-0.2, 0) is 5.75 Å². The van der Waals surface area contributed by atoms with Crippen LogP contribution >= 0.6 is 23.4 Å². The van der Waals surface area contributed by atoms with Gasteiger partial charge >= 0.3 is 0 Å². The minimum atomic E-state index is -0.297. The maximum atomic E-state index is 13.8. The van der Waals surface area contributed by atoms with Crippen LogP contribution in [0.5, 0.6) is 0 Å². The molecule has 2 aromatic carbocycles. The quantitative estimate of drug-likeness (QED) is 0.547. The van der Waals surface area contributed by atoms with E-state index >= 15 is 0 Å². The van der Waals surface area contributed by atoms with Gasteiger partial charge in [0.05, 0.1) is 5.69 Å². The van der Waals surface area contributed by atoms with Crippen LogP contribution in [0, 0.1) is 19.7 Å². The normalized spacial score (nSPS) is 10.8. The zero-order chi connectivity index (χ0) is 17.1. The number of nitrogens with zero attached hydrogens (tertiary/aromatic N) is 2. The molecule has 0 N–H and O–H groups in total. The van der Waals surface area contributed by atoms with Crippen molar-refractivity contribution < 1.29 is 4.39 Å². The Morgan fingerprint density at radius 1 is 1.00 bits per heavy atom. The minimum absolute atomic E-state index is 0.297. The smallest absolute Gasteiger partial charge is 0.128 e. The van der Waals surface area contributed by atoms with Crippen molar-refractivity contribution in [1.29, 1.82) is 0 Å². The van der Waals surface area contributed by atoms with E-state index in [1.54, 1.807) is 12.1 Å². The summed E-state index contributed by atoms with van der Waals surface area (Å²) in [5.74, 6) is 0.123. The van der Waals surface area contributed by atoms with Crippen LogP contribution in [0.2, 0.25) is 5.02 Å². The Kier molecular flexibility index (Phi) is 5.17. The van der Waals surface area contributed by atoms with Crippen molar-refractivity contribution in [1.82, 2.24) is 10.2 Å². The lowest BCUT2D eigenvalue weighted by Crippen LogP contribution is -1.93. The number of thioether (sulfide) groups is 1. The van der Waals surface area contributed by atoms with Gasteiger partial charge in [0.2, 0.25) is 0 Å². The lowest BCUT2D eigenvalue weighted by molar-refractivity contribution is 0.617. The molecule has 0 radical (unpaired) electrons. The fourth-order valence-corrected chi connectivity index (χ4v) is 3.43. The highest BCUT2D eigenvalue weighted by Crippen LogP contribution is 2.28. The molecule has 3 aromatic rings. The van der Waals surface area contributed by atoms with Gasteiger partial charge in [0.15, 0.2) is 0 Å². The lowest BCUT2D eigenvalue weighted by atomic mass is 10.0. The molecular formula is C19H16ClFN2S. The van der Waals surface area contributed by atoms with E-state index in [-0.39, 0.29) is 5.82 Å². The van der Waals surface area contributed by atoms with Gasteiger partial charge in [0, 0.05) is 21.9 Å². The van der Waals surface area contributed by atoms with Crippen LogP contribution in [-0.4, -0.2) is 10.2 Å². The molecule has 1 heterocycles. The topological polar surface area (TPSA) is 25.8 Å². The largest absolute Gasteiger partial charge is 0.207 e. The molecule has 0 unspecified atom stereocenters.